The zero-order valence-corrected chi connectivity index (χ0v) is 11.5. The Labute approximate surface area is 121 Å². The molecule has 0 aliphatic heterocycles. The summed E-state index contributed by atoms with van der Waals surface area (Å²) < 4.78 is 40.0. The van der Waals surface area contributed by atoms with Gasteiger partial charge in [-0.15, -0.1) is 13.2 Å². The van der Waals surface area contributed by atoms with Crippen LogP contribution >= 0.6 is 0 Å². The second kappa shape index (κ2) is 6.63. The molecule has 0 aromatic heterocycles. The summed E-state index contributed by atoms with van der Waals surface area (Å²) in [4.78, 5) is 0. The largest absolute Gasteiger partial charge is 0.573 e. The van der Waals surface area contributed by atoms with E-state index in [2.05, 4.69) is 10.1 Å². The molecule has 0 aliphatic carbocycles. The lowest BCUT2D eigenvalue weighted by atomic mass is 10.1. The maximum atomic E-state index is 12.0. The monoisotopic (exact) mass is 295 g/mol. The molecule has 0 heterocycles. The molecule has 1 N–H and O–H groups in total. The van der Waals surface area contributed by atoms with Crippen LogP contribution in [0.5, 0.6) is 5.75 Å². The van der Waals surface area contributed by atoms with Crippen LogP contribution in [0.3, 0.4) is 0 Å². The summed E-state index contributed by atoms with van der Waals surface area (Å²) >= 11 is 0. The Hall–Kier alpha value is -2.01. The molecule has 0 saturated heterocycles. The van der Waals surface area contributed by atoms with Crippen molar-refractivity contribution in [2.45, 2.75) is 25.9 Å². The maximum Gasteiger partial charge on any atom is 0.573 e. The van der Waals surface area contributed by atoms with Crippen molar-refractivity contribution in [1.29, 1.82) is 0 Å². The highest BCUT2D eigenvalue weighted by atomic mass is 19.4. The number of halogens is 3. The van der Waals surface area contributed by atoms with Crippen molar-refractivity contribution in [3.8, 4) is 5.75 Å². The Morgan fingerprint density at radius 2 is 1.62 bits per heavy atom. The zero-order valence-electron chi connectivity index (χ0n) is 11.5. The molecule has 0 saturated carbocycles. The SMILES string of the molecule is C[C@@H](NCc1ccc(OC(F)(F)F)cc1)c1ccccc1. The van der Waals surface area contributed by atoms with E-state index in [4.69, 9.17) is 0 Å². The molecule has 2 nitrogen and oxygen atoms in total. The van der Waals surface area contributed by atoms with E-state index < -0.39 is 6.36 Å². The van der Waals surface area contributed by atoms with E-state index >= 15 is 0 Å². The number of hydrogen-bond donors (Lipinski definition) is 1. The minimum Gasteiger partial charge on any atom is -0.406 e. The second-order valence-electron chi connectivity index (χ2n) is 4.71. The van der Waals surface area contributed by atoms with Gasteiger partial charge in [0.2, 0.25) is 0 Å². The van der Waals surface area contributed by atoms with Gasteiger partial charge in [-0.2, -0.15) is 0 Å². The van der Waals surface area contributed by atoms with Gasteiger partial charge in [0.25, 0.3) is 0 Å². The van der Waals surface area contributed by atoms with Crippen molar-refractivity contribution in [2.75, 3.05) is 0 Å². The lowest BCUT2D eigenvalue weighted by Crippen LogP contribution is -2.18. The summed E-state index contributed by atoms with van der Waals surface area (Å²) in [6.45, 7) is 2.61. The van der Waals surface area contributed by atoms with Crippen LogP contribution in [0.1, 0.15) is 24.1 Å². The van der Waals surface area contributed by atoms with Crippen molar-refractivity contribution in [3.05, 3.63) is 65.7 Å². The number of hydrogen-bond acceptors (Lipinski definition) is 2. The summed E-state index contributed by atoms with van der Waals surface area (Å²) in [7, 11) is 0. The molecule has 0 fully saturated rings. The Balaban J connectivity index is 1.89. The highest BCUT2D eigenvalue weighted by molar-refractivity contribution is 5.27. The average Bonchev–Trinajstić information content (AvgIpc) is 2.45. The predicted molar refractivity (Wildman–Crippen MR) is 74.8 cm³/mol. The highest BCUT2D eigenvalue weighted by Gasteiger charge is 2.30. The van der Waals surface area contributed by atoms with Crippen LogP contribution in [0, 0.1) is 0 Å². The summed E-state index contributed by atoms with van der Waals surface area (Å²) in [5.74, 6) is -0.206. The van der Waals surface area contributed by atoms with E-state index in [1.165, 1.54) is 12.1 Å². The Kier molecular flexibility index (Phi) is 4.85. The Bertz CT molecular complexity index is 552. The van der Waals surface area contributed by atoms with Crippen molar-refractivity contribution in [1.82, 2.24) is 5.32 Å². The minimum atomic E-state index is -4.65. The molecule has 0 amide bonds. The average molecular weight is 295 g/mol. The van der Waals surface area contributed by atoms with Gasteiger partial charge in [0.15, 0.2) is 0 Å². The number of rotatable bonds is 5. The van der Waals surface area contributed by atoms with E-state index in [9.17, 15) is 13.2 Å². The minimum absolute atomic E-state index is 0.164. The molecule has 21 heavy (non-hydrogen) atoms. The van der Waals surface area contributed by atoms with Crippen molar-refractivity contribution >= 4 is 0 Å². The Morgan fingerprint density at radius 3 is 2.19 bits per heavy atom. The van der Waals surface area contributed by atoms with Crippen LogP contribution in [-0.4, -0.2) is 6.36 Å². The van der Waals surface area contributed by atoms with Crippen LogP contribution in [0.25, 0.3) is 0 Å². The van der Waals surface area contributed by atoms with Gasteiger partial charge in [0.1, 0.15) is 5.75 Å². The zero-order chi connectivity index (χ0) is 15.3. The third-order valence-electron chi connectivity index (χ3n) is 3.07. The summed E-state index contributed by atoms with van der Waals surface area (Å²) in [5.41, 5.74) is 2.06. The predicted octanol–water partition coefficient (Wildman–Crippen LogP) is 4.44. The lowest BCUT2D eigenvalue weighted by Gasteiger charge is -2.14. The number of nitrogens with one attached hydrogen (secondary N) is 1. The van der Waals surface area contributed by atoms with Crippen LogP contribution in [0.15, 0.2) is 54.6 Å². The first kappa shape index (κ1) is 15.4. The molecule has 0 spiro atoms. The Morgan fingerprint density at radius 1 is 1.00 bits per heavy atom. The molecular weight excluding hydrogens is 279 g/mol. The molecular formula is C16H16F3NO. The van der Waals surface area contributed by atoms with Gasteiger partial charge in [-0.25, -0.2) is 0 Å². The molecule has 0 radical (unpaired) electrons. The fraction of sp³-hybridized carbons (Fsp3) is 0.250. The van der Waals surface area contributed by atoms with Crippen molar-refractivity contribution < 1.29 is 17.9 Å². The van der Waals surface area contributed by atoms with E-state index in [-0.39, 0.29) is 11.8 Å². The van der Waals surface area contributed by atoms with Gasteiger partial charge in [-0.1, -0.05) is 42.5 Å². The molecule has 0 bridgehead atoms. The third-order valence-corrected chi connectivity index (χ3v) is 3.07. The molecule has 2 aromatic rings. The molecule has 2 aromatic carbocycles. The fourth-order valence-corrected chi connectivity index (χ4v) is 1.94. The molecule has 2 rings (SSSR count). The lowest BCUT2D eigenvalue weighted by molar-refractivity contribution is -0.274. The van der Waals surface area contributed by atoms with Crippen LogP contribution < -0.4 is 10.1 Å². The van der Waals surface area contributed by atoms with Crippen LogP contribution in [-0.2, 0) is 6.54 Å². The molecule has 112 valence electrons. The fourth-order valence-electron chi connectivity index (χ4n) is 1.94. The van der Waals surface area contributed by atoms with Crippen LogP contribution in [0.2, 0.25) is 0 Å². The van der Waals surface area contributed by atoms with Gasteiger partial charge >= 0.3 is 6.36 Å². The van der Waals surface area contributed by atoms with Gasteiger partial charge in [0, 0.05) is 12.6 Å². The standard InChI is InChI=1S/C16H16F3NO/c1-12(14-5-3-2-4-6-14)20-11-13-7-9-15(10-8-13)21-16(17,18)19/h2-10,12,20H,11H2,1H3/t12-/m1/s1. The normalized spacial score (nSPS) is 13.0. The molecule has 0 unspecified atom stereocenters. The first-order chi connectivity index (χ1) is 9.94. The van der Waals surface area contributed by atoms with Crippen molar-refractivity contribution in [2.24, 2.45) is 0 Å². The first-order valence-corrected chi connectivity index (χ1v) is 6.57. The smallest absolute Gasteiger partial charge is 0.406 e. The van der Waals surface area contributed by atoms with E-state index in [1.54, 1.807) is 12.1 Å². The summed E-state index contributed by atoms with van der Waals surface area (Å²) in [5, 5.41) is 3.32. The second-order valence-corrected chi connectivity index (χ2v) is 4.71. The van der Waals surface area contributed by atoms with Gasteiger partial charge in [-0.3, -0.25) is 0 Å². The van der Waals surface area contributed by atoms with Crippen LogP contribution in [0.4, 0.5) is 13.2 Å². The summed E-state index contributed by atoms with van der Waals surface area (Å²) in [6.07, 6.45) is -4.65. The summed E-state index contributed by atoms with van der Waals surface area (Å²) in [6, 6.07) is 16.0. The van der Waals surface area contributed by atoms with Gasteiger partial charge < -0.3 is 10.1 Å². The maximum absolute atomic E-state index is 12.0. The van der Waals surface area contributed by atoms with E-state index in [0.29, 0.717) is 6.54 Å². The van der Waals surface area contributed by atoms with Crippen molar-refractivity contribution in [3.63, 3.8) is 0 Å². The topological polar surface area (TPSA) is 21.3 Å². The van der Waals surface area contributed by atoms with Gasteiger partial charge in [-0.05, 0) is 30.2 Å². The highest BCUT2D eigenvalue weighted by Crippen LogP contribution is 2.23. The number of benzene rings is 2. The number of ether oxygens (including phenoxy) is 1. The van der Waals surface area contributed by atoms with E-state index in [1.807, 2.05) is 37.3 Å². The first-order valence-electron chi connectivity index (χ1n) is 6.57. The number of alkyl halides is 3. The quantitative estimate of drug-likeness (QED) is 0.880. The molecule has 0 aliphatic rings. The third kappa shape index (κ3) is 5.11. The van der Waals surface area contributed by atoms with E-state index in [0.717, 1.165) is 11.1 Å². The van der Waals surface area contributed by atoms with Gasteiger partial charge in [0.05, 0.1) is 0 Å². The molecule has 1 atom stereocenters. The molecule has 5 heteroatoms.